The molecule has 0 aliphatic heterocycles. The van der Waals surface area contributed by atoms with Gasteiger partial charge in [0, 0.05) is 5.92 Å². The second-order valence-electron chi connectivity index (χ2n) is 2.60. The molecule has 0 aromatic carbocycles. The summed E-state index contributed by atoms with van der Waals surface area (Å²) in [5.74, 6) is 0.347. The second kappa shape index (κ2) is 2.81. The Labute approximate surface area is 69.2 Å². The molecule has 0 unspecified atom stereocenters. The Morgan fingerprint density at radius 1 is 1.50 bits per heavy atom. The molecular weight excluding hydrogens is 185 g/mol. The van der Waals surface area contributed by atoms with Crippen LogP contribution in [-0.2, 0) is 10.2 Å². The summed E-state index contributed by atoms with van der Waals surface area (Å²) < 4.78 is 32.7. The lowest BCUT2D eigenvalue weighted by molar-refractivity contribution is 0.542. The van der Waals surface area contributed by atoms with Gasteiger partial charge in [-0.2, -0.15) is 13.4 Å². The number of halogens is 1. The van der Waals surface area contributed by atoms with E-state index in [0.29, 0.717) is 5.82 Å². The third-order valence-electron chi connectivity index (χ3n) is 1.25. The molecule has 0 atom stereocenters. The van der Waals surface area contributed by atoms with Crippen LogP contribution in [0.4, 0.5) is 3.89 Å². The number of aromatic amines is 1. The van der Waals surface area contributed by atoms with Crippen LogP contribution in [0.25, 0.3) is 0 Å². The molecule has 68 valence electrons. The van der Waals surface area contributed by atoms with Gasteiger partial charge in [0.25, 0.3) is 5.16 Å². The number of hydrogen-bond acceptors (Lipinski definition) is 4. The molecule has 0 saturated carbocycles. The molecule has 1 aromatic rings. The number of rotatable bonds is 2. The Balaban J connectivity index is 3.09. The molecule has 0 aliphatic rings. The topological polar surface area (TPSA) is 75.7 Å². The first-order valence-electron chi connectivity index (χ1n) is 3.28. The van der Waals surface area contributed by atoms with Gasteiger partial charge in [0.1, 0.15) is 5.82 Å². The minimum absolute atomic E-state index is 0.00648. The molecule has 12 heavy (non-hydrogen) atoms. The highest BCUT2D eigenvalue weighted by Crippen LogP contribution is 2.11. The molecule has 0 amide bonds. The Hall–Kier alpha value is -0.980. The standard InChI is InChI=1S/C5H8FN3O2S/c1-3(2)4-7-5(9-8-4)12(6,10)11/h3H,1-2H3,(H,7,8,9). The van der Waals surface area contributed by atoms with E-state index in [-0.39, 0.29) is 5.92 Å². The Kier molecular flexibility index (Phi) is 2.14. The van der Waals surface area contributed by atoms with Gasteiger partial charge in [0.15, 0.2) is 0 Å². The van der Waals surface area contributed by atoms with Gasteiger partial charge in [-0.25, -0.2) is 0 Å². The quantitative estimate of drug-likeness (QED) is 0.697. The van der Waals surface area contributed by atoms with E-state index < -0.39 is 15.4 Å². The molecule has 0 spiro atoms. The fourth-order valence-corrected chi connectivity index (χ4v) is 0.987. The van der Waals surface area contributed by atoms with Crippen molar-refractivity contribution < 1.29 is 12.3 Å². The van der Waals surface area contributed by atoms with Crippen molar-refractivity contribution >= 4 is 10.2 Å². The van der Waals surface area contributed by atoms with Crippen molar-refractivity contribution in [1.82, 2.24) is 15.2 Å². The predicted octanol–water partition coefficient (Wildman–Crippen LogP) is 0.586. The van der Waals surface area contributed by atoms with Gasteiger partial charge in [-0.05, 0) is 0 Å². The molecule has 0 radical (unpaired) electrons. The van der Waals surface area contributed by atoms with E-state index in [2.05, 4.69) is 15.2 Å². The van der Waals surface area contributed by atoms with Crippen molar-refractivity contribution in [3.63, 3.8) is 0 Å². The summed E-state index contributed by atoms with van der Waals surface area (Å²) in [7, 11) is -4.77. The van der Waals surface area contributed by atoms with E-state index in [0.717, 1.165) is 0 Å². The zero-order valence-electron chi connectivity index (χ0n) is 6.57. The van der Waals surface area contributed by atoms with Crippen LogP contribution in [0.1, 0.15) is 25.6 Å². The molecule has 5 nitrogen and oxygen atoms in total. The molecule has 1 N–H and O–H groups in total. The van der Waals surface area contributed by atoms with Gasteiger partial charge >= 0.3 is 10.2 Å². The Morgan fingerprint density at radius 2 is 2.08 bits per heavy atom. The molecule has 0 fully saturated rings. The summed E-state index contributed by atoms with van der Waals surface area (Å²) in [5.41, 5.74) is 0. The fourth-order valence-electron chi connectivity index (χ4n) is 0.625. The lowest BCUT2D eigenvalue weighted by Gasteiger charge is -1.94. The normalized spacial score (nSPS) is 12.3. The average molecular weight is 193 g/mol. The maximum Gasteiger partial charge on any atom is 0.369 e. The second-order valence-corrected chi connectivity index (χ2v) is 3.84. The van der Waals surface area contributed by atoms with Crippen LogP contribution in [0, 0.1) is 0 Å². The largest absolute Gasteiger partial charge is 0.369 e. The summed E-state index contributed by atoms with van der Waals surface area (Å²) in [5, 5.41) is 4.74. The minimum Gasteiger partial charge on any atom is -0.262 e. The number of nitrogens with one attached hydrogen (secondary N) is 1. The van der Waals surface area contributed by atoms with Crippen LogP contribution in [0.2, 0.25) is 0 Å². The van der Waals surface area contributed by atoms with Crippen molar-refractivity contribution in [2.45, 2.75) is 24.9 Å². The Morgan fingerprint density at radius 3 is 2.33 bits per heavy atom. The van der Waals surface area contributed by atoms with E-state index in [1.165, 1.54) is 0 Å². The van der Waals surface area contributed by atoms with Crippen LogP contribution >= 0.6 is 0 Å². The van der Waals surface area contributed by atoms with Gasteiger partial charge in [-0.1, -0.05) is 17.7 Å². The SMILES string of the molecule is CC(C)c1nc(S(=O)(=O)F)n[nH]1. The van der Waals surface area contributed by atoms with Gasteiger partial charge in [-0.15, -0.1) is 5.10 Å². The maximum absolute atomic E-state index is 12.2. The van der Waals surface area contributed by atoms with E-state index >= 15 is 0 Å². The zero-order valence-corrected chi connectivity index (χ0v) is 7.39. The summed E-state index contributed by atoms with van der Waals surface area (Å²) in [6.07, 6.45) is 0. The lowest BCUT2D eigenvalue weighted by atomic mass is 10.2. The molecule has 0 bridgehead atoms. The summed E-state index contributed by atoms with van der Waals surface area (Å²) >= 11 is 0. The first kappa shape index (κ1) is 9.11. The number of H-pyrrole nitrogens is 1. The third kappa shape index (κ3) is 1.79. The monoisotopic (exact) mass is 193 g/mol. The van der Waals surface area contributed by atoms with E-state index in [9.17, 15) is 12.3 Å². The lowest BCUT2D eigenvalue weighted by Crippen LogP contribution is -1.95. The number of aromatic nitrogens is 3. The van der Waals surface area contributed by atoms with Crippen LogP contribution in [0.15, 0.2) is 5.16 Å². The molecule has 1 aromatic heterocycles. The van der Waals surface area contributed by atoms with Gasteiger partial charge in [0.05, 0.1) is 0 Å². The molecule has 1 heterocycles. The molecular formula is C5H8FN3O2S. The van der Waals surface area contributed by atoms with Gasteiger partial charge in [0.2, 0.25) is 0 Å². The smallest absolute Gasteiger partial charge is 0.262 e. The summed E-state index contributed by atoms with van der Waals surface area (Å²) in [4.78, 5) is 3.45. The van der Waals surface area contributed by atoms with Crippen LogP contribution in [-0.4, -0.2) is 23.6 Å². The van der Waals surface area contributed by atoms with Gasteiger partial charge < -0.3 is 0 Å². The van der Waals surface area contributed by atoms with Crippen LogP contribution < -0.4 is 0 Å². The fraction of sp³-hybridized carbons (Fsp3) is 0.600. The van der Waals surface area contributed by atoms with Crippen molar-refractivity contribution in [1.29, 1.82) is 0 Å². The van der Waals surface area contributed by atoms with Crippen LogP contribution in [0.5, 0.6) is 0 Å². The molecule has 0 aliphatic carbocycles. The highest BCUT2D eigenvalue weighted by Gasteiger charge is 2.19. The van der Waals surface area contributed by atoms with Gasteiger partial charge in [-0.3, -0.25) is 5.10 Å². The summed E-state index contributed by atoms with van der Waals surface area (Å²) in [6, 6.07) is 0. The molecule has 7 heteroatoms. The van der Waals surface area contributed by atoms with Crippen molar-refractivity contribution in [3.8, 4) is 0 Å². The zero-order chi connectivity index (χ0) is 9.35. The van der Waals surface area contributed by atoms with E-state index in [1.807, 2.05) is 0 Å². The van der Waals surface area contributed by atoms with Crippen molar-refractivity contribution in [3.05, 3.63) is 5.82 Å². The van der Waals surface area contributed by atoms with Crippen LogP contribution in [0.3, 0.4) is 0 Å². The van der Waals surface area contributed by atoms with Crippen molar-refractivity contribution in [2.24, 2.45) is 0 Å². The average Bonchev–Trinajstić information content (AvgIpc) is 2.30. The highest BCUT2D eigenvalue weighted by molar-refractivity contribution is 7.86. The van der Waals surface area contributed by atoms with Crippen molar-refractivity contribution in [2.75, 3.05) is 0 Å². The first-order chi connectivity index (χ1) is 5.41. The number of hydrogen-bond donors (Lipinski definition) is 1. The molecule has 0 saturated heterocycles. The molecule has 1 rings (SSSR count). The maximum atomic E-state index is 12.2. The number of nitrogens with zero attached hydrogens (tertiary/aromatic N) is 2. The third-order valence-corrected chi connectivity index (χ3v) is 1.87. The minimum atomic E-state index is -4.77. The first-order valence-corrected chi connectivity index (χ1v) is 4.66. The van der Waals surface area contributed by atoms with E-state index in [4.69, 9.17) is 0 Å². The predicted molar refractivity (Wildman–Crippen MR) is 38.8 cm³/mol. The highest BCUT2D eigenvalue weighted by atomic mass is 32.3. The van der Waals surface area contributed by atoms with E-state index in [1.54, 1.807) is 13.8 Å². The summed E-state index contributed by atoms with van der Waals surface area (Å²) in [6.45, 7) is 3.57. The Bertz CT molecular complexity index is 370.